The van der Waals surface area contributed by atoms with Crippen molar-refractivity contribution in [1.82, 2.24) is 5.32 Å². The number of rotatable bonds is 2. The Morgan fingerprint density at radius 3 is 2.21 bits per heavy atom. The summed E-state index contributed by atoms with van der Waals surface area (Å²) in [6.07, 6.45) is -0.0256. The first-order valence-corrected chi connectivity index (χ1v) is 5.69. The summed E-state index contributed by atoms with van der Waals surface area (Å²) in [7, 11) is 1.33. The average molecular weight is 290 g/mol. The maximum absolute atomic E-state index is 13.0. The van der Waals surface area contributed by atoms with Gasteiger partial charge in [0.05, 0.1) is 0 Å². The minimum atomic E-state index is -4.29. The molecule has 0 aromatic heterocycles. The number of alkyl halides is 3. The molecule has 5 heteroatoms. The van der Waals surface area contributed by atoms with Crippen LogP contribution in [0.25, 0.3) is 5.57 Å². The fourth-order valence-electron chi connectivity index (χ4n) is 2.02. The van der Waals surface area contributed by atoms with Gasteiger partial charge >= 0.3 is 6.18 Å². The number of hydrogen-bond acceptors (Lipinski definition) is 1. The van der Waals surface area contributed by atoms with E-state index >= 15 is 0 Å². The predicted molar refractivity (Wildman–Crippen MR) is 73.3 cm³/mol. The molecule has 0 spiro atoms. The van der Waals surface area contributed by atoms with Crippen molar-refractivity contribution in [3.05, 3.63) is 54.1 Å². The van der Waals surface area contributed by atoms with Gasteiger partial charge in [-0.2, -0.15) is 13.2 Å². The molecule has 0 fully saturated rings. The van der Waals surface area contributed by atoms with Crippen LogP contribution in [0, 0.1) is 0 Å². The first-order chi connectivity index (χ1) is 8.48. The quantitative estimate of drug-likeness (QED) is 0.868. The Morgan fingerprint density at radius 2 is 1.79 bits per heavy atom. The molecule has 0 aliphatic heterocycles. The molecule has 1 nitrogen and oxygen atoms in total. The summed E-state index contributed by atoms with van der Waals surface area (Å²) in [6, 6.07) is 9.39. The monoisotopic (exact) mass is 289 g/mol. The van der Waals surface area contributed by atoms with E-state index in [4.69, 9.17) is 0 Å². The van der Waals surface area contributed by atoms with Crippen molar-refractivity contribution >= 4 is 18.0 Å². The van der Waals surface area contributed by atoms with Crippen LogP contribution < -0.4 is 5.32 Å². The first-order valence-electron chi connectivity index (χ1n) is 5.69. The third-order valence-electron chi connectivity index (χ3n) is 3.25. The Labute approximate surface area is 116 Å². The Bertz CT molecular complexity index is 479. The number of likely N-dealkylation sites (N-methyl/N-ethyl adjacent to an activating group) is 1. The molecule has 0 amide bonds. The van der Waals surface area contributed by atoms with E-state index in [9.17, 15) is 13.2 Å². The molecule has 0 saturated heterocycles. The Morgan fingerprint density at radius 1 is 1.16 bits per heavy atom. The van der Waals surface area contributed by atoms with Crippen molar-refractivity contribution in [3.63, 3.8) is 0 Å². The Kier molecular flexibility index (Phi) is 4.82. The van der Waals surface area contributed by atoms with E-state index in [2.05, 4.69) is 5.32 Å². The predicted octanol–water partition coefficient (Wildman–Crippen LogP) is 3.97. The van der Waals surface area contributed by atoms with E-state index in [0.29, 0.717) is 0 Å². The van der Waals surface area contributed by atoms with Crippen LogP contribution in [-0.4, -0.2) is 18.8 Å². The lowest BCUT2D eigenvalue weighted by molar-refractivity contribution is -0.179. The highest BCUT2D eigenvalue weighted by molar-refractivity contribution is 5.85. The van der Waals surface area contributed by atoms with Crippen LogP contribution in [0.4, 0.5) is 13.2 Å². The van der Waals surface area contributed by atoms with Crippen molar-refractivity contribution in [1.29, 1.82) is 0 Å². The highest BCUT2D eigenvalue weighted by Gasteiger charge is 2.52. The summed E-state index contributed by atoms with van der Waals surface area (Å²) in [5.41, 5.74) is -0.183. The molecule has 1 atom stereocenters. The zero-order valence-electron chi connectivity index (χ0n) is 10.4. The maximum atomic E-state index is 13.0. The lowest BCUT2D eigenvalue weighted by atomic mass is 9.86. The molecule has 104 valence electrons. The van der Waals surface area contributed by atoms with Crippen LogP contribution in [0.5, 0.6) is 0 Å². The smallest absolute Gasteiger partial charge is 0.303 e. The van der Waals surface area contributed by atoms with Gasteiger partial charge in [0.2, 0.25) is 0 Å². The maximum Gasteiger partial charge on any atom is 0.410 e. The Balaban J connectivity index is 0.00000180. The highest BCUT2D eigenvalue weighted by Crippen LogP contribution is 2.38. The third kappa shape index (κ3) is 3.01. The molecule has 0 bridgehead atoms. The summed E-state index contributed by atoms with van der Waals surface area (Å²) in [5, 5.41) is 2.37. The summed E-state index contributed by atoms with van der Waals surface area (Å²) in [4.78, 5) is 0. The molecule has 0 radical (unpaired) electrons. The van der Waals surface area contributed by atoms with E-state index < -0.39 is 11.7 Å². The normalized spacial score (nSPS) is 22.6. The minimum absolute atomic E-state index is 0. The Hall–Kier alpha value is -1.26. The molecule has 19 heavy (non-hydrogen) atoms. The van der Waals surface area contributed by atoms with Crippen LogP contribution in [0.15, 0.2) is 48.6 Å². The fraction of sp³-hybridized carbons (Fsp3) is 0.286. The fourth-order valence-corrected chi connectivity index (χ4v) is 2.02. The zero-order valence-corrected chi connectivity index (χ0v) is 11.2. The van der Waals surface area contributed by atoms with Crippen molar-refractivity contribution in [2.75, 3.05) is 7.05 Å². The second kappa shape index (κ2) is 5.80. The van der Waals surface area contributed by atoms with Crippen LogP contribution in [-0.2, 0) is 0 Å². The lowest BCUT2D eigenvalue weighted by Crippen LogP contribution is -2.54. The lowest BCUT2D eigenvalue weighted by Gasteiger charge is -2.34. The first kappa shape index (κ1) is 15.8. The van der Waals surface area contributed by atoms with Crippen LogP contribution >= 0.6 is 12.4 Å². The minimum Gasteiger partial charge on any atom is -0.303 e. The zero-order chi connectivity index (χ0) is 13.2. The molecular weight excluding hydrogens is 275 g/mol. The summed E-state index contributed by atoms with van der Waals surface area (Å²) in [5.74, 6) is 0. The van der Waals surface area contributed by atoms with E-state index in [1.54, 1.807) is 6.08 Å². The van der Waals surface area contributed by atoms with Crippen LogP contribution in [0.3, 0.4) is 0 Å². The van der Waals surface area contributed by atoms with Gasteiger partial charge in [-0.25, -0.2) is 0 Å². The van der Waals surface area contributed by atoms with Crippen molar-refractivity contribution in [2.45, 2.75) is 18.1 Å². The van der Waals surface area contributed by atoms with Gasteiger partial charge in [0.1, 0.15) is 5.54 Å². The topological polar surface area (TPSA) is 12.0 Å². The molecule has 1 aliphatic rings. The summed E-state index contributed by atoms with van der Waals surface area (Å²) >= 11 is 0. The van der Waals surface area contributed by atoms with Gasteiger partial charge in [-0.3, -0.25) is 0 Å². The number of nitrogens with one attached hydrogen (secondary N) is 1. The molecule has 1 aromatic rings. The second-order valence-corrected chi connectivity index (χ2v) is 4.28. The number of halogens is 4. The van der Waals surface area contributed by atoms with Gasteiger partial charge < -0.3 is 5.32 Å². The van der Waals surface area contributed by atoms with Crippen LogP contribution in [0.2, 0.25) is 0 Å². The van der Waals surface area contributed by atoms with Crippen LogP contribution in [0.1, 0.15) is 12.0 Å². The van der Waals surface area contributed by atoms with Gasteiger partial charge in [-0.1, -0.05) is 48.6 Å². The molecule has 1 N–H and O–H groups in total. The van der Waals surface area contributed by atoms with E-state index in [1.807, 2.05) is 30.3 Å². The standard InChI is InChI=1S/C14H14F3N.ClH/c1-18-13(14(15,16)17)9-7-12(8-10-13)11-5-3-2-4-6-11;/h2-9,18H,10H2,1H3;1H. The number of hydrogen-bond donors (Lipinski definition) is 1. The number of benzene rings is 1. The molecule has 0 saturated carbocycles. The third-order valence-corrected chi connectivity index (χ3v) is 3.25. The molecular formula is C14H15ClF3N. The van der Waals surface area contributed by atoms with Gasteiger partial charge in [0.25, 0.3) is 0 Å². The molecule has 2 rings (SSSR count). The van der Waals surface area contributed by atoms with Gasteiger partial charge in [0.15, 0.2) is 0 Å². The average Bonchev–Trinajstić information content (AvgIpc) is 2.38. The molecule has 1 aromatic carbocycles. The molecule has 1 unspecified atom stereocenters. The second-order valence-electron chi connectivity index (χ2n) is 4.28. The van der Waals surface area contributed by atoms with Gasteiger partial charge in [-0.05, 0) is 24.6 Å². The summed E-state index contributed by atoms with van der Waals surface area (Å²) < 4.78 is 38.9. The van der Waals surface area contributed by atoms with Gasteiger partial charge in [0, 0.05) is 0 Å². The molecule has 1 aliphatic carbocycles. The molecule has 0 heterocycles. The summed E-state index contributed by atoms with van der Waals surface area (Å²) in [6.45, 7) is 0. The SMILES string of the molecule is CNC1(C(F)(F)F)C=CC(c2ccccc2)=CC1.Cl. The van der Waals surface area contributed by atoms with E-state index in [0.717, 1.165) is 11.1 Å². The van der Waals surface area contributed by atoms with Crippen molar-refractivity contribution in [2.24, 2.45) is 0 Å². The highest BCUT2D eigenvalue weighted by atomic mass is 35.5. The van der Waals surface area contributed by atoms with E-state index in [-0.39, 0.29) is 18.8 Å². The van der Waals surface area contributed by atoms with Gasteiger partial charge in [-0.15, -0.1) is 12.4 Å². The van der Waals surface area contributed by atoms with E-state index in [1.165, 1.54) is 19.2 Å². The van der Waals surface area contributed by atoms with Crippen molar-refractivity contribution < 1.29 is 13.2 Å². The largest absolute Gasteiger partial charge is 0.410 e. The van der Waals surface area contributed by atoms with Crippen molar-refractivity contribution in [3.8, 4) is 0 Å². The number of allylic oxidation sites excluding steroid dienone is 2.